The Balaban J connectivity index is 1.47. The van der Waals surface area contributed by atoms with Gasteiger partial charge in [-0.25, -0.2) is 4.39 Å². The van der Waals surface area contributed by atoms with Crippen LogP contribution in [-0.2, 0) is 16.1 Å². The molecule has 158 valence electrons. The van der Waals surface area contributed by atoms with Crippen LogP contribution in [0, 0.1) is 5.82 Å². The first kappa shape index (κ1) is 20.7. The van der Waals surface area contributed by atoms with Crippen LogP contribution in [0.1, 0.15) is 5.56 Å². The van der Waals surface area contributed by atoms with E-state index in [1.165, 1.54) is 12.1 Å². The molecule has 3 aromatic carbocycles. The third-order valence-electron chi connectivity index (χ3n) is 4.64. The van der Waals surface area contributed by atoms with Gasteiger partial charge in [-0.15, -0.1) is 0 Å². The molecule has 0 saturated heterocycles. The summed E-state index contributed by atoms with van der Waals surface area (Å²) >= 11 is 6.02. The Morgan fingerprint density at radius 3 is 2.68 bits per heavy atom. The van der Waals surface area contributed by atoms with E-state index in [1.807, 2.05) is 0 Å². The minimum atomic E-state index is -0.381. The number of fused-ring (bicyclic) bond motifs is 1. The third kappa shape index (κ3) is 4.95. The first-order valence-electron chi connectivity index (χ1n) is 9.48. The minimum Gasteiger partial charge on any atom is -0.482 e. The van der Waals surface area contributed by atoms with Crippen molar-refractivity contribution in [2.75, 3.05) is 23.4 Å². The van der Waals surface area contributed by atoms with Gasteiger partial charge in [0.2, 0.25) is 0 Å². The molecule has 2 amide bonds. The van der Waals surface area contributed by atoms with Crippen LogP contribution in [0.5, 0.6) is 11.5 Å². The molecule has 0 bridgehead atoms. The Kier molecular flexibility index (Phi) is 6.04. The lowest BCUT2D eigenvalue weighted by molar-refractivity contribution is -0.121. The van der Waals surface area contributed by atoms with Crippen LogP contribution in [0.15, 0.2) is 66.7 Å². The van der Waals surface area contributed by atoms with Gasteiger partial charge in [0.15, 0.2) is 13.2 Å². The number of amides is 2. The lowest BCUT2D eigenvalue weighted by Gasteiger charge is -2.30. The highest BCUT2D eigenvalue weighted by Gasteiger charge is 2.26. The molecule has 0 fully saturated rings. The van der Waals surface area contributed by atoms with Crippen LogP contribution in [0.4, 0.5) is 15.8 Å². The zero-order chi connectivity index (χ0) is 21.8. The molecule has 1 aliphatic rings. The molecular formula is C23H18ClFN2O4. The quantitative estimate of drug-likeness (QED) is 0.616. The molecule has 0 aliphatic carbocycles. The number of nitrogens with zero attached hydrogens (tertiary/aromatic N) is 1. The molecule has 6 nitrogen and oxygen atoms in total. The summed E-state index contributed by atoms with van der Waals surface area (Å²) in [6.07, 6.45) is 0. The molecule has 4 rings (SSSR count). The van der Waals surface area contributed by atoms with Gasteiger partial charge >= 0.3 is 0 Å². The van der Waals surface area contributed by atoms with Gasteiger partial charge in [0.25, 0.3) is 11.8 Å². The number of carbonyl (C=O) groups excluding carboxylic acids is 2. The van der Waals surface area contributed by atoms with Crippen molar-refractivity contribution in [1.82, 2.24) is 0 Å². The minimum absolute atomic E-state index is 0.0917. The number of halogens is 2. The summed E-state index contributed by atoms with van der Waals surface area (Å²) in [6.45, 7) is -0.0659. The first-order valence-corrected chi connectivity index (χ1v) is 9.86. The van der Waals surface area contributed by atoms with Crippen LogP contribution in [0.3, 0.4) is 0 Å². The summed E-state index contributed by atoms with van der Waals surface area (Å²) in [7, 11) is 0. The molecule has 0 atom stereocenters. The summed E-state index contributed by atoms with van der Waals surface area (Å²) in [6, 6.07) is 17.8. The molecule has 8 heteroatoms. The summed E-state index contributed by atoms with van der Waals surface area (Å²) < 4.78 is 24.1. The molecule has 0 radical (unpaired) electrons. The zero-order valence-corrected chi connectivity index (χ0v) is 17.1. The van der Waals surface area contributed by atoms with Gasteiger partial charge in [0.1, 0.15) is 17.3 Å². The van der Waals surface area contributed by atoms with Crippen molar-refractivity contribution >= 4 is 34.8 Å². The second kappa shape index (κ2) is 9.06. The van der Waals surface area contributed by atoms with Gasteiger partial charge in [-0.3, -0.25) is 9.59 Å². The second-order valence-electron chi connectivity index (χ2n) is 6.84. The Labute approximate surface area is 183 Å². The fourth-order valence-corrected chi connectivity index (χ4v) is 3.32. The Bertz CT molecular complexity index is 1120. The Morgan fingerprint density at radius 1 is 1.13 bits per heavy atom. The van der Waals surface area contributed by atoms with Crippen molar-refractivity contribution in [3.8, 4) is 11.5 Å². The standard InChI is InChI=1S/C23H18ClFN2O4/c24-18-3-1-2-4-20(18)30-13-22(28)26-17-9-10-21-19(11-17)27(23(29)14-31-21)12-15-5-7-16(25)8-6-15/h1-11H,12-14H2,(H,26,28). The number of hydrogen-bond acceptors (Lipinski definition) is 4. The molecule has 1 N–H and O–H groups in total. The lowest BCUT2D eigenvalue weighted by atomic mass is 10.1. The van der Waals surface area contributed by atoms with Crippen LogP contribution in [0.2, 0.25) is 5.02 Å². The molecule has 31 heavy (non-hydrogen) atoms. The number of anilines is 2. The van der Waals surface area contributed by atoms with Crippen LogP contribution in [0.25, 0.3) is 0 Å². The van der Waals surface area contributed by atoms with Gasteiger partial charge < -0.3 is 19.7 Å². The average molecular weight is 441 g/mol. The molecule has 3 aromatic rings. The summed E-state index contributed by atoms with van der Waals surface area (Å²) in [4.78, 5) is 26.3. The molecule has 0 aromatic heterocycles. The highest BCUT2D eigenvalue weighted by atomic mass is 35.5. The summed E-state index contributed by atoms with van der Waals surface area (Å²) in [5, 5.41) is 3.15. The second-order valence-corrected chi connectivity index (χ2v) is 7.25. The maximum Gasteiger partial charge on any atom is 0.265 e. The average Bonchev–Trinajstić information content (AvgIpc) is 2.76. The van der Waals surface area contributed by atoms with E-state index in [0.29, 0.717) is 27.9 Å². The topological polar surface area (TPSA) is 67.9 Å². The number of benzene rings is 3. The molecule has 1 heterocycles. The largest absolute Gasteiger partial charge is 0.482 e. The number of hydrogen-bond donors (Lipinski definition) is 1. The normalized spacial score (nSPS) is 12.7. The number of carbonyl (C=O) groups is 2. The highest BCUT2D eigenvalue weighted by Crippen LogP contribution is 2.35. The van der Waals surface area contributed by atoms with E-state index in [-0.39, 0.29) is 37.4 Å². The number of para-hydroxylation sites is 1. The number of rotatable bonds is 6. The van der Waals surface area contributed by atoms with E-state index in [1.54, 1.807) is 59.5 Å². The molecule has 0 spiro atoms. The molecule has 1 aliphatic heterocycles. The van der Waals surface area contributed by atoms with E-state index < -0.39 is 0 Å². The molecular weight excluding hydrogens is 423 g/mol. The maximum atomic E-state index is 13.2. The van der Waals surface area contributed by atoms with Crippen LogP contribution in [-0.4, -0.2) is 25.0 Å². The van der Waals surface area contributed by atoms with Gasteiger partial charge in [0.05, 0.1) is 17.3 Å². The van der Waals surface area contributed by atoms with E-state index in [4.69, 9.17) is 21.1 Å². The van der Waals surface area contributed by atoms with Crippen molar-refractivity contribution in [2.45, 2.75) is 6.54 Å². The third-order valence-corrected chi connectivity index (χ3v) is 4.95. The summed E-state index contributed by atoms with van der Waals surface area (Å²) in [5.41, 5.74) is 1.77. The van der Waals surface area contributed by atoms with Crippen LogP contribution < -0.4 is 19.7 Å². The van der Waals surface area contributed by atoms with E-state index >= 15 is 0 Å². The predicted octanol–water partition coefficient (Wildman–Crippen LogP) is 4.42. The van der Waals surface area contributed by atoms with E-state index in [2.05, 4.69) is 5.32 Å². The van der Waals surface area contributed by atoms with Crippen molar-refractivity contribution in [1.29, 1.82) is 0 Å². The number of nitrogens with one attached hydrogen (secondary N) is 1. The SMILES string of the molecule is O=C(COc1ccccc1Cl)Nc1ccc2c(c1)N(Cc1ccc(F)cc1)C(=O)CO2. The zero-order valence-electron chi connectivity index (χ0n) is 16.3. The first-order chi connectivity index (χ1) is 15.0. The van der Waals surface area contributed by atoms with Gasteiger partial charge in [-0.2, -0.15) is 0 Å². The monoisotopic (exact) mass is 440 g/mol. The highest BCUT2D eigenvalue weighted by molar-refractivity contribution is 6.32. The molecule has 0 saturated carbocycles. The number of ether oxygens (including phenoxy) is 2. The van der Waals surface area contributed by atoms with Crippen molar-refractivity contribution in [3.63, 3.8) is 0 Å². The Hall–Kier alpha value is -3.58. The van der Waals surface area contributed by atoms with Gasteiger partial charge in [0, 0.05) is 5.69 Å². The maximum absolute atomic E-state index is 13.2. The Morgan fingerprint density at radius 2 is 1.90 bits per heavy atom. The van der Waals surface area contributed by atoms with Crippen LogP contribution >= 0.6 is 11.6 Å². The van der Waals surface area contributed by atoms with Crippen molar-refractivity contribution < 1.29 is 23.5 Å². The molecule has 0 unspecified atom stereocenters. The smallest absolute Gasteiger partial charge is 0.265 e. The lowest BCUT2D eigenvalue weighted by Crippen LogP contribution is -2.38. The van der Waals surface area contributed by atoms with Gasteiger partial charge in [-0.1, -0.05) is 35.9 Å². The fraction of sp³-hybridized carbons (Fsp3) is 0.130. The van der Waals surface area contributed by atoms with Gasteiger partial charge in [-0.05, 0) is 48.0 Å². The van der Waals surface area contributed by atoms with Crippen molar-refractivity contribution in [2.24, 2.45) is 0 Å². The fourth-order valence-electron chi connectivity index (χ4n) is 3.13. The predicted molar refractivity (Wildman–Crippen MR) is 115 cm³/mol. The van der Waals surface area contributed by atoms with E-state index in [9.17, 15) is 14.0 Å². The summed E-state index contributed by atoms with van der Waals surface area (Å²) in [5.74, 6) is -0.0296. The van der Waals surface area contributed by atoms with E-state index in [0.717, 1.165) is 5.56 Å². The van der Waals surface area contributed by atoms with Crippen molar-refractivity contribution in [3.05, 3.63) is 83.1 Å².